The van der Waals surface area contributed by atoms with Gasteiger partial charge in [-0.25, -0.2) is 13.4 Å². The summed E-state index contributed by atoms with van der Waals surface area (Å²) in [5.41, 5.74) is 1.23. The van der Waals surface area contributed by atoms with Crippen molar-refractivity contribution in [2.45, 2.75) is 11.9 Å². The van der Waals surface area contributed by atoms with Gasteiger partial charge in [0, 0.05) is 11.8 Å². The van der Waals surface area contributed by atoms with Gasteiger partial charge in [-0.1, -0.05) is 13.0 Å². The predicted octanol–water partition coefficient (Wildman–Crippen LogP) is -0.614. The number of imidazole rings is 1. The summed E-state index contributed by atoms with van der Waals surface area (Å²) in [6.45, 7) is 1.64. The fourth-order valence-electron chi connectivity index (χ4n) is 1.60. The summed E-state index contributed by atoms with van der Waals surface area (Å²) in [7, 11) is -1.49. The van der Waals surface area contributed by atoms with Crippen molar-refractivity contribution in [3.05, 3.63) is 24.4 Å². The number of nitrogens with zero attached hydrogens (tertiary/aromatic N) is 2. The molecule has 0 saturated heterocycles. The van der Waals surface area contributed by atoms with Crippen LogP contribution in [0.4, 0.5) is 0 Å². The van der Waals surface area contributed by atoms with Gasteiger partial charge < -0.3 is 0 Å². The molecule has 0 aliphatic heterocycles. The van der Waals surface area contributed by atoms with Crippen LogP contribution in [0.2, 0.25) is 0 Å². The molecule has 78 valence electrons. The monoisotopic (exact) mass is 222 g/mol. The first-order valence-corrected chi connectivity index (χ1v) is 6.38. The van der Waals surface area contributed by atoms with Crippen LogP contribution in [-0.4, -0.2) is 31.4 Å². The van der Waals surface area contributed by atoms with E-state index in [0.29, 0.717) is 16.3 Å². The molecule has 2 rings (SSSR count). The lowest BCUT2D eigenvalue weighted by molar-refractivity contribution is 0.593. The normalized spacial score (nSPS) is 12.1. The van der Waals surface area contributed by atoms with Crippen molar-refractivity contribution in [3.63, 3.8) is 0 Å². The second kappa shape index (κ2) is 3.38. The standard InChI is InChI=1S/C9H11BN2O2S/c1-2-15(13,14)9-8(10)11-7-5-3-4-6-12(7)9/h3-6H,2,10H2,1H3. The van der Waals surface area contributed by atoms with Gasteiger partial charge in [0.2, 0.25) is 0 Å². The molecule has 6 heteroatoms. The van der Waals surface area contributed by atoms with E-state index in [1.165, 1.54) is 0 Å². The zero-order valence-corrected chi connectivity index (χ0v) is 9.45. The Balaban J connectivity index is 2.87. The molecule has 2 aromatic rings. The summed E-state index contributed by atoms with van der Waals surface area (Å²) in [5, 5.41) is 0.306. The minimum Gasteiger partial charge on any atom is -0.291 e. The van der Waals surface area contributed by atoms with Gasteiger partial charge in [0.25, 0.3) is 0 Å². The fourth-order valence-corrected chi connectivity index (χ4v) is 2.83. The van der Waals surface area contributed by atoms with Gasteiger partial charge in [-0.05, 0) is 12.1 Å². The van der Waals surface area contributed by atoms with E-state index in [1.807, 2.05) is 6.07 Å². The maximum absolute atomic E-state index is 11.8. The average Bonchev–Trinajstić information content (AvgIpc) is 2.54. The Hall–Kier alpha value is -1.30. The average molecular weight is 222 g/mol. The molecule has 0 amide bonds. The van der Waals surface area contributed by atoms with E-state index in [1.54, 1.807) is 37.5 Å². The van der Waals surface area contributed by atoms with Crippen molar-refractivity contribution >= 4 is 28.9 Å². The van der Waals surface area contributed by atoms with Crippen LogP contribution >= 0.6 is 0 Å². The van der Waals surface area contributed by atoms with Crippen molar-refractivity contribution in [2.75, 3.05) is 5.75 Å². The summed E-state index contributed by atoms with van der Waals surface area (Å²) in [6.07, 6.45) is 1.72. The van der Waals surface area contributed by atoms with E-state index in [0.717, 1.165) is 0 Å². The second-order valence-electron chi connectivity index (χ2n) is 3.33. The van der Waals surface area contributed by atoms with Gasteiger partial charge in [0.1, 0.15) is 5.65 Å². The van der Waals surface area contributed by atoms with Crippen LogP contribution in [0.1, 0.15) is 6.92 Å². The molecule has 2 aromatic heterocycles. The van der Waals surface area contributed by atoms with E-state index in [-0.39, 0.29) is 5.75 Å². The van der Waals surface area contributed by atoms with E-state index in [2.05, 4.69) is 4.98 Å². The SMILES string of the molecule is Bc1nc2ccccn2c1S(=O)(=O)CC. The number of hydrogen-bond donors (Lipinski definition) is 0. The summed E-state index contributed by atoms with van der Waals surface area (Å²) < 4.78 is 25.3. The minimum absolute atomic E-state index is 0.0938. The smallest absolute Gasteiger partial charge is 0.194 e. The number of rotatable bonds is 2. The molecule has 0 unspecified atom stereocenters. The van der Waals surface area contributed by atoms with Crippen LogP contribution < -0.4 is 5.59 Å². The highest BCUT2D eigenvalue weighted by atomic mass is 32.2. The van der Waals surface area contributed by atoms with Gasteiger partial charge in [0.15, 0.2) is 22.7 Å². The first-order valence-electron chi connectivity index (χ1n) is 4.72. The van der Waals surface area contributed by atoms with Crippen molar-refractivity contribution in [1.29, 1.82) is 0 Å². The summed E-state index contributed by atoms with van der Waals surface area (Å²) in [6, 6.07) is 5.43. The highest BCUT2D eigenvalue weighted by Crippen LogP contribution is 2.10. The predicted molar refractivity (Wildman–Crippen MR) is 61.1 cm³/mol. The Labute approximate surface area is 89.3 Å². The molecule has 0 spiro atoms. The van der Waals surface area contributed by atoms with Crippen LogP contribution in [0, 0.1) is 0 Å². The number of aromatic nitrogens is 2. The van der Waals surface area contributed by atoms with Crippen LogP contribution in [0.5, 0.6) is 0 Å². The minimum atomic E-state index is -3.21. The Morgan fingerprint density at radius 3 is 2.87 bits per heavy atom. The zero-order chi connectivity index (χ0) is 11.1. The lowest BCUT2D eigenvalue weighted by atomic mass is 10.1. The third-order valence-corrected chi connectivity index (χ3v) is 4.16. The molecule has 0 N–H and O–H groups in total. The summed E-state index contributed by atoms with van der Waals surface area (Å²) in [5.74, 6) is 0.0938. The molecule has 15 heavy (non-hydrogen) atoms. The first-order chi connectivity index (χ1) is 7.06. The second-order valence-corrected chi connectivity index (χ2v) is 5.53. The van der Waals surface area contributed by atoms with E-state index in [4.69, 9.17) is 0 Å². The molecule has 4 nitrogen and oxygen atoms in total. The lowest BCUT2D eigenvalue weighted by Crippen LogP contribution is -2.18. The number of hydrogen-bond acceptors (Lipinski definition) is 3. The molecule has 0 aromatic carbocycles. The van der Waals surface area contributed by atoms with E-state index in [9.17, 15) is 8.42 Å². The Morgan fingerprint density at radius 2 is 2.20 bits per heavy atom. The molecule has 0 radical (unpaired) electrons. The Kier molecular flexibility index (Phi) is 2.30. The molecule has 2 heterocycles. The summed E-state index contributed by atoms with van der Waals surface area (Å²) >= 11 is 0. The summed E-state index contributed by atoms with van der Waals surface area (Å²) in [4.78, 5) is 4.21. The topological polar surface area (TPSA) is 51.4 Å². The molecular weight excluding hydrogens is 211 g/mol. The molecule has 0 atom stereocenters. The van der Waals surface area contributed by atoms with Crippen molar-refractivity contribution in [3.8, 4) is 0 Å². The fraction of sp³-hybridized carbons (Fsp3) is 0.222. The van der Waals surface area contributed by atoms with Gasteiger partial charge in [-0.3, -0.25) is 4.40 Å². The Bertz CT molecular complexity index is 604. The lowest BCUT2D eigenvalue weighted by Gasteiger charge is -2.01. The van der Waals surface area contributed by atoms with Crippen LogP contribution in [0.3, 0.4) is 0 Å². The van der Waals surface area contributed by atoms with Crippen LogP contribution in [-0.2, 0) is 9.84 Å². The van der Waals surface area contributed by atoms with Crippen molar-refractivity contribution in [2.24, 2.45) is 0 Å². The van der Waals surface area contributed by atoms with Crippen LogP contribution in [0.25, 0.3) is 5.65 Å². The molecular formula is C9H11BN2O2S. The molecule has 0 aliphatic carbocycles. The third kappa shape index (κ3) is 1.54. The number of fused-ring (bicyclic) bond motifs is 1. The van der Waals surface area contributed by atoms with Crippen molar-refractivity contribution in [1.82, 2.24) is 9.38 Å². The van der Waals surface area contributed by atoms with Gasteiger partial charge in [0.05, 0.1) is 5.75 Å². The van der Waals surface area contributed by atoms with Crippen molar-refractivity contribution < 1.29 is 8.42 Å². The highest BCUT2D eigenvalue weighted by molar-refractivity contribution is 7.91. The first kappa shape index (κ1) is 10.2. The molecule has 0 saturated carbocycles. The highest BCUT2D eigenvalue weighted by Gasteiger charge is 2.20. The molecule has 0 bridgehead atoms. The molecule has 0 aliphatic rings. The number of sulfone groups is 1. The quantitative estimate of drug-likeness (QED) is 0.636. The van der Waals surface area contributed by atoms with Crippen LogP contribution in [0.15, 0.2) is 29.4 Å². The van der Waals surface area contributed by atoms with Gasteiger partial charge in [-0.15, -0.1) is 0 Å². The largest absolute Gasteiger partial charge is 0.291 e. The van der Waals surface area contributed by atoms with Gasteiger partial charge in [-0.2, -0.15) is 0 Å². The third-order valence-electron chi connectivity index (χ3n) is 2.32. The Morgan fingerprint density at radius 1 is 1.47 bits per heavy atom. The van der Waals surface area contributed by atoms with E-state index < -0.39 is 9.84 Å². The molecule has 0 fully saturated rings. The maximum Gasteiger partial charge on any atom is 0.194 e. The van der Waals surface area contributed by atoms with Gasteiger partial charge >= 0.3 is 0 Å². The maximum atomic E-state index is 11.8. The van der Waals surface area contributed by atoms with E-state index >= 15 is 0 Å². The number of pyridine rings is 1. The zero-order valence-electron chi connectivity index (χ0n) is 8.64.